The molecule has 7 nitrogen and oxygen atoms in total. The van der Waals surface area contributed by atoms with Crippen molar-refractivity contribution in [3.05, 3.63) is 53.9 Å². The molecule has 1 amide bonds. The van der Waals surface area contributed by atoms with E-state index < -0.39 is 0 Å². The first kappa shape index (κ1) is 15.0. The number of carbonyl (C=O) groups excluding carboxylic acids is 1. The molecule has 0 saturated carbocycles. The molecule has 0 unspecified atom stereocenters. The highest BCUT2D eigenvalue weighted by atomic mass is 16.5. The van der Waals surface area contributed by atoms with Crippen LogP contribution in [0.3, 0.4) is 0 Å². The molecule has 0 aliphatic heterocycles. The maximum atomic E-state index is 12.0. The van der Waals surface area contributed by atoms with Crippen molar-refractivity contribution >= 4 is 5.91 Å². The summed E-state index contributed by atoms with van der Waals surface area (Å²) in [6.07, 6.45) is 1.17. The third-order valence-corrected chi connectivity index (χ3v) is 3.24. The zero-order valence-electron chi connectivity index (χ0n) is 12.7. The summed E-state index contributed by atoms with van der Waals surface area (Å²) in [5.41, 5.74) is 1.11. The first-order valence-electron chi connectivity index (χ1n) is 7.38. The van der Waals surface area contributed by atoms with Gasteiger partial charge in [0.2, 0.25) is 11.8 Å². The molecule has 3 aromatic rings. The van der Waals surface area contributed by atoms with E-state index >= 15 is 0 Å². The van der Waals surface area contributed by atoms with Crippen molar-refractivity contribution in [2.24, 2.45) is 0 Å². The van der Waals surface area contributed by atoms with Gasteiger partial charge in [-0.15, -0.1) is 10.2 Å². The highest BCUT2D eigenvalue weighted by Gasteiger charge is 2.13. The monoisotopic (exact) mass is 312 g/mol. The Morgan fingerprint density at radius 2 is 1.96 bits per heavy atom. The van der Waals surface area contributed by atoms with Crippen LogP contribution in [0.2, 0.25) is 0 Å². The number of benzene rings is 1. The minimum absolute atomic E-state index is 0.239. The van der Waals surface area contributed by atoms with Gasteiger partial charge in [0.05, 0.1) is 0 Å². The maximum absolute atomic E-state index is 12.0. The Morgan fingerprint density at radius 1 is 1.17 bits per heavy atom. The lowest BCUT2D eigenvalue weighted by Crippen LogP contribution is -2.26. The molecule has 0 aliphatic carbocycles. The van der Waals surface area contributed by atoms with Crippen LogP contribution in [0.4, 0.5) is 0 Å². The molecule has 23 heavy (non-hydrogen) atoms. The number of aryl methyl sites for hydroxylation is 1. The summed E-state index contributed by atoms with van der Waals surface area (Å²) in [5, 5.41) is 14.3. The van der Waals surface area contributed by atoms with Gasteiger partial charge in [-0.05, 0) is 0 Å². The van der Waals surface area contributed by atoms with E-state index in [1.54, 1.807) is 6.07 Å². The average Bonchev–Trinajstić information content (AvgIpc) is 3.25. The Morgan fingerprint density at radius 3 is 2.70 bits per heavy atom. The fourth-order valence-corrected chi connectivity index (χ4v) is 2.03. The van der Waals surface area contributed by atoms with Crippen molar-refractivity contribution in [1.29, 1.82) is 0 Å². The van der Waals surface area contributed by atoms with Crippen LogP contribution in [0.25, 0.3) is 11.3 Å². The quantitative estimate of drug-likeness (QED) is 0.750. The molecule has 7 heteroatoms. The number of hydrogen-bond acceptors (Lipinski definition) is 6. The molecule has 3 rings (SSSR count). The van der Waals surface area contributed by atoms with E-state index in [0.29, 0.717) is 36.9 Å². The molecule has 2 heterocycles. The SMILES string of the molecule is CCc1nnc(CCNC(=O)c2cc(-c3ccccc3)on2)o1. The maximum Gasteiger partial charge on any atom is 0.273 e. The molecular weight excluding hydrogens is 296 g/mol. The van der Waals surface area contributed by atoms with E-state index in [1.807, 2.05) is 37.3 Å². The normalized spacial score (nSPS) is 10.7. The number of amides is 1. The minimum atomic E-state index is -0.300. The fraction of sp³-hybridized carbons (Fsp3) is 0.250. The second-order valence-electron chi connectivity index (χ2n) is 4.89. The van der Waals surface area contributed by atoms with E-state index in [2.05, 4.69) is 20.7 Å². The molecule has 118 valence electrons. The molecule has 0 saturated heterocycles. The van der Waals surface area contributed by atoms with Gasteiger partial charge in [-0.25, -0.2) is 0 Å². The molecule has 0 radical (unpaired) electrons. The zero-order chi connectivity index (χ0) is 16.1. The van der Waals surface area contributed by atoms with Crippen LogP contribution in [0, 0.1) is 0 Å². The number of rotatable bonds is 6. The van der Waals surface area contributed by atoms with Gasteiger partial charge in [0, 0.05) is 31.0 Å². The topological polar surface area (TPSA) is 94.1 Å². The van der Waals surface area contributed by atoms with Crippen LogP contribution < -0.4 is 5.32 Å². The van der Waals surface area contributed by atoms with E-state index in [9.17, 15) is 4.79 Å². The van der Waals surface area contributed by atoms with Gasteiger partial charge in [-0.2, -0.15) is 0 Å². The molecule has 0 aliphatic rings. The van der Waals surface area contributed by atoms with Gasteiger partial charge in [0.15, 0.2) is 11.5 Å². The first-order chi connectivity index (χ1) is 11.3. The second kappa shape index (κ2) is 6.87. The number of aromatic nitrogens is 3. The molecule has 0 fully saturated rings. The van der Waals surface area contributed by atoms with Crippen molar-refractivity contribution in [1.82, 2.24) is 20.7 Å². The minimum Gasteiger partial charge on any atom is -0.425 e. The number of nitrogens with zero attached hydrogens (tertiary/aromatic N) is 3. The van der Waals surface area contributed by atoms with Gasteiger partial charge in [0.25, 0.3) is 5.91 Å². The lowest BCUT2D eigenvalue weighted by Gasteiger charge is -1.99. The molecule has 1 aromatic carbocycles. The molecule has 2 aromatic heterocycles. The van der Waals surface area contributed by atoms with Crippen LogP contribution in [0.15, 0.2) is 45.3 Å². The van der Waals surface area contributed by atoms with Crippen molar-refractivity contribution in [2.75, 3.05) is 6.54 Å². The standard InChI is InChI=1S/C16H16N4O3/c1-2-14-18-19-15(22-14)8-9-17-16(21)12-10-13(23-20-12)11-6-4-3-5-7-11/h3-7,10H,2,8-9H2,1H3,(H,17,21). The summed E-state index contributed by atoms with van der Waals surface area (Å²) in [7, 11) is 0. The summed E-state index contributed by atoms with van der Waals surface area (Å²) < 4.78 is 10.6. The molecule has 0 bridgehead atoms. The van der Waals surface area contributed by atoms with Crippen LogP contribution in [-0.2, 0) is 12.8 Å². The lowest BCUT2D eigenvalue weighted by atomic mass is 10.1. The van der Waals surface area contributed by atoms with Crippen molar-refractivity contribution in [3.63, 3.8) is 0 Å². The van der Waals surface area contributed by atoms with Crippen molar-refractivity contribution in [3.8, 4) is 11.3 Å². The Balaban J connectivity index is 1.55. The number of carbonyl (C=O) groups is 1. The Kier molecular flexibility index (Phi) is 4.46. The third-order valence-electron chi connectivity index (χ3n) is 3.24. The Bertz CT molecular complexity index is 779. The van der Waals surface area contributed by atoms with Gasteiger partial charge >= 0.3 is 0 Å². The summed E-state index contributed by atoms with van der Waals surface area (Å²) >= 11 is 0. The van der Waals surface area contributed by atoms with Gasteiger partial charge in [-0.1, -0.05) is 42.4 Å². The summed E-state index contributed by atoms with van der Waals surface area (Å²) in [6, 6.07) is 11.1. The van der Waals surface area contributed by atoms with Crippen LogP contribution in [-0.4, -0.2) is 27.8 Å². The Labute approximate surface area is 132 Å². The Hall–Kier alpha value is -2.96. The van der Waals surface area contributed by atoms with Crippen LogP contribution in [0.5, 0.6) is 0 Å². The average molecular weight is 312 g/mol. The van der Waals surface area contributed by atoms with Crippen LogP contribution in [0.1, 0.15) is 29.2 Å². The van der Waals surface area contributed by atoms with Crippen molar-refractivity contribution < 1.29 is 13.7 Å². The third kappa shape index (κ3) is 3.63. The van der Waals surface area contributed by atoms with E-state index in [4.69, 9.17) is 8.94 Å². The second-order valence-corrected chi connectivity index (χ2v) is 4.89. The predicted molar refractivity (Wildman–Crippen MR) is 81.7 cm³/mol. The molecule has 0 spiro atoms. The summed E-state index contributed by atoms with van der Waals surface area (Å²) in [4.78, 5) is 12.0. The fourth-order valence-electron chi connectivity index (χ4n) is 2.03. The molecular formula is C16H16N4O3. The molecule has 0 atom stereocenters. The van der Waals surface area contributed by atoms with Gasteiger partial charge in [0.1, 0.15) is 0 Å². The van der Waals surface area contributed by atoms with E-state index in [-0.39, 0.29) is 11.6 Å². The predicted octanol–water partition coefficient (Wildman–Crippen LogP) is 2.26. The number of nitrogens with one attached hydrogen (secondary N) is 1. The van der Waals surface area contributed by atoms with Gasteiger partial charge in [-0.3, -0.25) is 4.79 Å². The highest BCUT2D eigenvalue weighted by Crippen LogP contribution is 2.19. The van der Waals surface area contributed by atoms with E-state index in [0.717, 1.165) is 5.56 Å². The summed E-state index contributed by atoms with van der Waals surface area (Å²) in [5.74, 6) is 1.36. The van der Waals surface area contributed by atoms with Gasteiger partial charge < -0.3 is 14.3 Å². The van der Waals surface area contributed by atoms with Crippen LogP contribution >= 0.6 is 0 Å². The summed E-state index contributed by atoms with van der Waals surface area (Å²) in [6.45, 7) is 2.33. The van der Waals surface area contributed by atoms with E-state index in [1.165, 1.54) is 0 Å². The number of hydrogen-bond donors (Lipinski definition) is 1. The smallest absolute Gasteiger partial charge is 0.273 e. The first-order valence-corrected chi connectivity index (χ1v) is 7.38. The lowest BCUT2D eigenvalue weighted by molar-refractivity contribution is 0.0944. The van der Waals surface area contributed by atoms with Crippen molar-refractivity contribution in [2.45, 2.75) is 19.8 Å². The molecule has 1 N–H and O–H groups in total. The zero-order valence-corrected chi connectivity index (χ0v) is 12.7. The highest BCUT2D eigenvalue weighted by molar-refractivity contribution is 5.93. The largest absolute Gasteiger partial charge is 0.425 e.